The molecule has 0 atom stereocenters. The molecule has 6 nitrogen and oxygen atoms in total. The maximum absolute atomic E-state index is 14.5. The van der Waals surface area contributed by atoms with Gasteiger partial charge in [0.15, 0.2) is 0 Å². The summed E-state index contributed by atoms with van der Waals surface area (Å²) in [5, 5.41) is 6.27. The van der Waals surface area contributed by atoms with Crippen molar-refractivity contribution in [3.63, 3.8) is 0 Å². The van der Waals surface area contributed by atoms with Gasteiger partial charge in [-0.1, -0.05) is 51.0 Å². The molecule has 0 unspecified atom stereocenters. The van der Waals surface area contributed by atoms with Gasteiger partial charge in [0.1, 0.15) is 12.4 Å². The lowest BCUT2D eigenvalue weighted by Gasteiger charge is -2.52. The van der Waals surface area contributed by atoms with Crippen LogP contribution >= 0.6 is 0 Å². The van der Waals surface area contributed by atoms with E-state index in [9.17, 15) is 17.6 Å². The van der Waals surface area contributed by atoms with Crippen LogP contribution in [0.15, 0.2) is 57.9 Å². The molecule has 44 heavy (non-hydrogen) atoms. The Morgan fingerprint density at radius 2 is 1.66 bits per heavy atom. The maximum Gasteiger partial charge on any atom is 0.282 e. The van der Waals surface area contributed by atoms with Crippen molar-refractivity contribution in [3.05, 3.63) is 54.0 Å². The van der Waals surface area contributed by atoms with E-state index in [0.717, 1.165) is 79.0 Å². The van der Waals surface area contributed by atoms with Crippen LogP contribution < -0.4 is 10.6 Å². The second-order valence-corrected chi connectivity index (χ2v) is 13.2. The molecule has 238 valence electrons. The number of hydrogen-bond donors (Lipinski definition) is 2. The van der Waals surface area contributed by atoms with E-state index < -0.39 is 17.4 Å². The Morgan fingerprint density at radius 3 is 2.32 bits per heavy atom. The summed E-state index contributed by atoms with van der Waals surface area (Å²) in [6, 6.07) is 6.38. The average molecular weight is 613 g/mol. The molecule has 3 saturated carbocycles. The fraction of sp³-hybridized carbons (Fsp3) is 0.618. The highest BCUT2D eigenvalue weighted by Crippen LogP contribution is 2.47. The Kier molecular flexibility index (Phi) is 8.63. The summed E-state index contributed by atoms with van der Waals surface area (Å²) in [7, 11) is 0. The van der Waals surface area contributed by atoms with Gasteiger partial charge in [-0.3, -0.25) is 15.0 Å². The predicted octanol–water partition coefficient (Wildman–Crippen LogP) is 7.44. The van der Waals surface area contributed by atoms with Crippen molar-refractivity contribution >= 4 is 22.8 Å². The van der Waals surface area contributed by atoms with Gasteiger partial charge in [-0.2, -0.15) is 0 Å². The van der Waals surface area contributed by atoms with Gasteiger partial charge < -0.3 is 15.5 Å². The number of alkyl halides is 4. The van der Waals surface area contributed by atoms with Gasteiger partial charge in [-0.05, 0) is 55.7 Å². The number of fused-ring (bicyclic) bond motifs is 1. The van der Waals surface area contributed by atoms with Crippen molar-refractivity contribution in [2.45, 2.75) is 101 Å². The van der Waals surface area contributed by atoms with E-state index >= 15 is 0 Å². The molecule has 0 radical (unpaired) electrons. The fourth-order valence-corrected chi connectivity index (χ4v) is 7.24. The number of halogens is 4. The van der Waals surface area contributed by atoms with Crippen LogP contribution in [0.5, 0.6) is 0 Å². The highest BCUT2D eigenvalue weighted by molar-refractivity contribution is 6.50. The molecule has 0 amide bonds. The number of nitrogens with one attached hydrogen (secondary N) is 2. The molecule has 7 rings (SSSR count). The third-order valence-corrected chi connectivity index (χ3v) is 9.81. The van der Waals surface area contributed by atoms with Crippen LogP contribution in [0, 0.1) is 5.92 Å². The van der Waals surface area contributed by atoms with Crippen LogP contribution in [0.3, 0.4) is 0 Å². The Balaban J connectivity index is 0.000000374. The monoisotopic (exact) mass is 612 g/mol. The van der Waals surface area contributed by atoms with Gasteiger partial charge in [0.2, 0.25) is 5.92 Å². The Bertz CT molecular complexity index is 1360. The average Bonchev–Trinajstić information content (AvgIpc) is 3.57. The first-order valence-electron chi connectivity index (χ1n) is 16.2. The summed E-state index contributed by atoms with van der Waals surface area (Å²) < 4.78 is 53.4. The summed E-state index contributed by atoms with van der Waals surface area (Å²) in [6.45, 7) is 8.76. The summed E-state index contributed by atoms with van der Waals surface area (Å²) in [5.41, 5.74) is 6.58. The number of allylic oxidation sites excluding steroid dienone is 1. The van der Waals surface area contributed by atoms with Crippen LogP contribution in [-0.2, 0) is 12.0 Å². The number of rotatable bonds is 7. The Hall–Kier alpha value is -3.17. The Labute approximate surface area is 257 Å². The third kappa shape index (κ3) is 6.74. The zero-order valence-corrected chi connectivity index (χ0v) is 25.5. The Morgan fingerprint density at radius 1 is 0.955 bits per heavy atom. The topological polar surface area (TPSA) is 64.4 Å². The second-order valence-electron chi connectivity index (χ2n) is 13.2. The number of benzene rings is 1. The molecule has 3 heterocycles. The number of nitrogens with zero attached hydrogens (tertiary/aromatic N) is 4. The normalized spacial score (nSPS) is 25.0. The highest BCUT2D eigenvalue weighted by Gasteiger charge is 2.47. The van der Waals surface area contributed by atoms with E-state index in [4.69, 9.17) is 4.99 Å². The molecule has 0 spiro atoms. The minimum absolute atomic E-state index is 0.118. The summed E-state index contributed by atoms with van der Waals surface area (Å²) in [5.74, 6) is -3.96. The van der Waals surface area contributed by atoms with Gasteiger partial charge in [-0.15, -0.1) is 0 Å². The molecule has 0 bridgehead atoms. The van der Waals surface area contributed by atoms with Crippen LogP contribution in [0.1, 0.15) is 88.2 Å². The van der Waals surface area contributed by atoms with Gasteiger partial charge in [0.25, 0.3) is 5.92 Å². The van der Waals surface area contributed by atoms with Crippen molar-refractivity contribution in [1.82, 2.24) is 15.5 Å². The van der Waals surface area contributed by atoms with E-state index in [1.807, 2.05) is 4.90 Å². The van der Waals surface area contributed by atoms with Gasteiger partial charge >= 0.3 is 0 Å². The SMILES string of the molecule is C=C(NCC1=Nc2cc(C3(N4CC(F)(F)CNC4=C)CCCCC3)ccc2C1)C1=NCN=C1C1CC1.FC1(F)CCCCC1. The van der Waals surface area contributed by atoms with Crippen molar-refractivity contribution in [2.24, 2.45) is 20.9 Å². The van der Waals surface area contributed by atoms with E-state index in [1.54, 1.807) is 0 Å². The largest absolute Gasteiger partial charge is 0.378 e. The molecular weight excluding hydrogens is 568 g/mol. The lowest BCUT2D eigenvalue weighted by Crippen LogP contribution is -2.59. The smallest absolute Gasteiger partial charge is 0.282 e. The molecular formula is C34H44F4N6. The third-order valence-electron chi connectivity index (χ3n) is 9.81. The lowest BCUT2D eigenvalue weighted by molar-refractivity contribution is -0.0811. The summed E-state index contributed by atoms with van der Waals surface area (Å²) in [6.07, 6.45) is 10.7. The first-order valence-corrected chi connectivity index (χ1v) is 16.2. The van der Waals surface area contributed by atoms with Gasteiger partial charge in [0.05, 0.1) is 48.1 Å². The fourth-order valence-electron chi connectivity index (χ4n) is 7.24. The first-order chi connectivity index (χ1) is 21.1. The molecule has 1 aromatic rings. The number of aliphatic imine (C=N–C) groups is 3. The van der Waals surface area contributed by atoms with Crippen molar-refractivity contribution < 1.29 is 17.6 Å². The standard InChI is InChI=1S/C28H34F2N6.C6H10F2/c1-18(25-26(20-6-7-20)34-17-33-25)31-14-23-12-21-8-9-22(13-24(21)35-23)27(10-4-3-5-11-27)36-16-28(29,30)15-32-19(36)2;7-6(8)4-2-1-3-5-6/h8-9,13,20,31-32H,1-7,10-12,14-17H2;1-5H2. The number of hydrogen-bond acceptors (Lipinski definition) is 6. The van der Waals surface area contributed by atoms with Gasteiger partial charge in [0, 0.05) is 30.9 Å². The quantitative estimate of drug-likeness (QED) is 0.315. The van der Waals surface area contributed by atoms with Crippen molar-refractivity contribution in [3.8, 4) is 0 Å². The lowest BCUT2D eigenvalue weighted by atomic mass is 9.74. The predicted molar refractivity (Wildman–Crippen MR) is 168 cm³/mol. The van der Waals surface area contributed by atoms with E-state index in [1.165, 1.54) is 18.4 Å². The van der Waals surface area contributed by atoms with Crippen LogP contribution in [-0.4, -0.2) is 60.2 Å². The molecule has 1 saturated heterocycles. The molecule has 6 aliphatic rings. The van der Waals surface area contributed by atoms with Crippen molar-refractivity contribution in [1.29, 1.82) is 0 Å². The van der Waals surface area contributed by atoms with Crippen LogP contribution in [0.4, 0.5) is 23.2 Å². The molecule has 3 aliphatic carbocycles. The molecule has 4 fully saturated rings. The van der Waals surface area contributed by atoms with E-state index in [0.29, 0.717) is 37.8 Å². The van der Waals surface area contributed by atoms with E-state index in [-0.39, 0.29) is 25.9 Å². The van der Waals surface area contributed by atoms with Crippen LogP contribution in [0.2, 0.25) is 0 Å². The zero-order valence-electron chi connectivity index (χ0n) is 25.5. The van der Waals surface area contributed by atoms with Gasteiger partial charge in [-0.25, -0.2) is 17.6 Å². The second kappa shape index (κ2) is 12.3. The minimum Gasteiger partial charge on any atom is -0.378 e. The molecule has 0 aromatic heterocycles. The van der Waals surface area contributed by atoms with Crippen LogP contribution in [0.25, 0.3) is 0 Å². The molecule has 2 N–H and O–H groups in total. The summed E-state index contributed by atoms with van der Waals surface area (Å²) >= 11 is 0. The summed E-state index contributed by atoms with van der Waals surface area (Å²) in [4.78, 5) is 15.9. The van der Waals surface area contributed by atoms with E-state index in [2.05, 4.69) is 52.0 Å². The molecule has 1 aromatic carbocycles. The van der Waals surface area contributed by atoms with Crippen molar-refractivity contribution in [2.75, 3.05) is 26.3 Å². The molecule has 3 aliphatic heterocycles. The first kappa shape index (κ1) is 30.8. The zero-order chi connectivity index (χ0) is 31.0. The highest BCUT2D eigenvalue weighted by atomic mass is 19.3. The maximum atomic E-state index is 14.5. The minimum atomic E-state index is -2.78. The molecule has 10 heteroatoms.